The second-order valence-corrected chi connectivity index (χ2v) is 7.58. The number of thiocarbonyl (C=S) groups is 1. The maximum absolute atomic E-state index is 11.9. The van der Waals surface area contributed by atoms with Crippen LogP contribution >= 0.6 is 28.1 Å². The summed E-state index contributed by atoms with van der Waals surface area (Å²) in [6, 6.07) is 8.25. The van der Waals surface area contributed by atoms with Gasteiger partial charge >= 0.3 is 5.97 Å². The summed E-state index contributed by atoms with van der Waals surface area (Å²) in [4.78, 5) is 22.8. The van der Waals surface area contributed by atoms with Gasteiger partial charge in [-0.2, -0.15) is 0 Å². The molecule has 6 nitrogen and oxygen atoms in total. The number of amides is 1. The van der Waals surface area contributed by atoms with Gasteiger partial charge in [-0.05, 0) is 58.5 Å². The van der Waals surface area contributed by atoms with Crippen LogP contribution in [-0.4, -0.2) is 22.1 Å². The predicted molar refractivity (Wildman–Crippen MR) is 103 cm³/mol. The lowest BCUT2D eigenvalue weighted by atomic mass is 9.96. The summed E-state index contributed by atoms with van der Waals surface area (Å²) in [5.41, 5.74) is 0.819. The molecule has 0 fully saturated rings. The highest BCUT2D eigenvalue weighted by molar-refractivity contribution is 9.10. The van der Waals surface area contributed by atoms with Crippen LogP contribution in [0.3, 0.4) is 0 Å². The number of carbonyl (C=O) groups excluding carboxylic acids is 1. The molecular weight excluding hydrogens is 408 g/mol. The number of carbonyl (C=O) groups is 2. The van der Waals surface area contributed by atoms with Crippen molar-refractivity contribution >= 4 is 50.8 Å². The van der Waals surface area contributed by atoms with Crippen LogP contribution in [0.2, 0.25) is 0 Å². The molecule has 8 heteroatoms. The van der Waals surface area contributed by atoms with Gasteiger partial charge in [0.05, 0.1) is 0 Å². The van der Waals surface area contributed by atoms with Crippen molar-refractivity contribution in [3.05, 3.63) is 40.6 Å². The van der Waals surface area contributed by atoms with E-state index >= 15 is 0 Å². The van der Waals surface area contributed by atoms with Gasteiger partial charge in [-0.25, -0.2) is 4.79 Å². The van der Waals surface area contributed by atoms with Crippen molar-refractivity contribution in [1.29, 1.82) is 0 Å². The molecule has 0 saturated heterocycles. The predicted octanol–water partition coefficient (Wildman–Crippen LogP) is 4.27. The topological polar surface area (TPSA) is 91.6 Å². The van der Waals surface area contributed by atoms with Gasteiger partial charge in [0, 0.05) is 21.1 Å². The number of nitrogens with one attached hydrogen (secondary N) is 2. The molecule has 0 aliphatic heterocycles. The highest BCUT2D eigenvalue weighted by Gasteiger charge is 2.22. The average molecular weight is 425 g/mol. The van der Waals surface area contributed by atoms with Gasteiger partial charge < -0.3 is 20.2 Å². The number of rotatable bonds is 3. The third-order valence-electron chi connectivity index (χ3n) is 3.22. The number of benzene rings is 1. The Morgan fingerprint density at radius 1 is 1.20 bits per heavy atom. The summed E-state index contributed by atoms with van der Waals surface area (Å²) < 4.78 is 5.98. The van der Waals surface area contributed by atoms with Gasteiger partial charge in [0.15, 0.2) is 5.11 Å². The van der Waals surface area contributed by atoms with Gasteiger partial charge in [0.1, 0.15) is 5.76 Å². The summed E-state index contributed by atoms with van der Waals surface area (Å²) in [6.07, 6.45) is 0. The lowest BCUT2D eigenvalue weighted by molar-refractivity contribution is -0.126. The summed E-state index contributed by atoms with van der Waals surface area (Å²) >= 11 is 8.57. The molecule has 25 heavy (non-hydrogen) atoms. The first-order chi connectivity index (χ1) is 11.6. The van der Waals surface area contributed by atoms with Gasteiger partial charge in [0.25, 0.3) is 0 Å². The zero-order valence-corrected chi connectivity index (χ0v) is 16.2. The minimum atomic E-state index is -1.12. The quantitative estimate of drug-likeness (QED) is 0.637. The molecule has 2 aromatic rings. The first-order valence-electron chi connectivity index (χ1n) is 7.33. The van der Waals surface area contributed by atoms with Crippen molar-refractivity contribution in [2.75, 3.05) is 5.32 Å². The highest BCUT2D eigenvalue weighted by Crippen LogP contribution is 2.32. The van der Waals surface area contributed by atoms with Gasteiger partial charge in [-0.15, -0.1) is 0 Å². The van der Waals surface area contributed by atoms with Crippen molar-refractivity contribution in [3.63, 3.8) is 0 Å². The van der Waals surface area contributed by atoms with E-state index in [4.69, 9.17) is 21.7 Å². The van der Waals surface area contributed by atoms with Crippen LogP contribution in [0, 0.1) is 5.41 Å². The molecule has 0 atom stereocenters. The van der Waals surface area contributed by atoms with Crippen LogP contribution in [0.1, 0.15) is 31.3 Å². The number of furan rings is 1. The van der Waals surface area contributed by atoms with E-state index in [2.05, 4.69) is 26.6 Å². The Kier molecular flexibility index (Phi) is 5.64. The zero-order valence-electron chi connectivity index (χ0n) is 13.8. The van der Waals surface area contributed by atoms with E-state index in [1.54, 1.807) is 45.0 Å². The Labute approximate surface area is 158 Å². The van der Waals surface area contributed by atoms with Crippen LogP contribution in [-0.2, 0) is 4.79 Å². The van der Waals surface area contributed by atoms with Crippen molar-refractivity contribution in [2.24, 2.45) is 5.41 Å². The number of carboxylic acid groups (broad SMARTS) is 1. The van der Waals surface area contributed by atoms with Crippen LogP contribution < -0.4 is 10.6 Å². The maximum Gasteiger partial charge on any atom is 0.371 e. The first-order valence-corrected chi connectivity index (χ1v) is 8.53. The molecule has 0 unspecified atom stereocenters. The summed E-state index contributed by atoms with van der Waals surface area (Å²) in [6.45, 7) is 5.39. The molecular formula is C17H17BrN2O4S. The number of carboxylic acids is 1. The van der Waals surface area contributed by atoms with Gasteiger partial charge in [0.2, 0.25) is 11.7 Å². The van der Waals surface area contributed by atoms with Crippen molar-refractivity contribution in [2.45, 2.75) is 20.8 Å². The molecule has 0 saturated carbocycles. The zero-order chi connectivity index (χ0) is 18.8. The monoisotopic (exact) mass is 424 g/mol. The Hall–Kier alpha value is -2.19. The maximum atomic E-state index is 11.9. The first kappa shape index (κ1) is 19.1. The van der Waals surface area contributed by atoms with Crippen LogP contribution in [0.4, 0.5) is 5.69 Å². The van der Waals surface area contributed by atoms with Gasteiger partial charge in [-0.3, -0.25) is 4.79 Å². The second-order valence-electron chi connectivity index (χ2n) is 6.32. The minimum Gasteiger partial charge on any atom is -0.475 e. The molecule has 1 heterocycles. The van der Waals surface area contributed by atoms with E-state index in [9.17, 15) is 9.59 Å². The van der Waals surface area contributed by atoms with Crippen LogP contribution in [0.15, 0.2) is 39.2 Å². The van der Waals surface area contributed by atoms with E-state index in [0.717, 1.165) is 0 Å². The van der Waals surface area contributed by atoms with E-state index < -0.39 is 11.4 Å². The Morgan fingerprint density at radius 3 is 2.40 bits per heavy atom. The lowest BCUT2D eigenvalue weighted by Gasteiger charge is -2.18. The Morgan fingerprint density at radius 2 is 1.88 bits per heavy atom. The molecule has 0 radical (unpaired) electrons. The van der Waals surface area contributed by atoms with E-state index in [-0.39, 0.29) is 16.8 Å². The number of hydrogen-bond acceptors (Lipinski definition) is 4. The third-order valence-corrected chi connectivity index (χ3v) is 4.08. The number of halogens is 1. The van der Waals surface area contributed by atoms with E-state index in [1.807, 2.05) is 0 Å². The molecule has 0 bridgehead atoms. The molecule has 0 aliphatic rings. The second kappa shape index (κ2) is 7.37. The standard InChI is InChI=1S/C17H17BrN2O4S/c1-17(2,3)15(23)20-16(25)19-9-4-5-10(11(18)8-9)12-6-7-13(24-12)14(21)22/h4-8H,1-3H3,(H,21,22)(H2,19,20,23,25). The van der Waals surface area contributed by atoms with Crippen LogP contribution in [0.25, 0.3) is 11.3 Å². The van der Waals surface area contributed by atoms with Crippen molar-refractivity contribution in [1.82, 2.24) is 5.32 Å². The minimum absolute atomic E-state index is 0.129. The van der Waals surface area contributed by atoms with E-state index in [0.29, 0.717) is 21.5 Å². The summed E-state index contributed by atoms with van der Waals surface area (Å²) in [5.74, 6) is -1.01. The summed E-state index contributed by atoms with van der Waals surface area (Å²) in [7, 11) is 0. The van der Waals surface area contributed by atoms with Gasteiger partial charge in [-0.1, -0.05) is 20.8 Å². The van der Waals surface area contributed by atoms with Crippen molar-refractivity contribution in [3.8, 4) is 11.3 Å². The molecule has 0 aliphatic carbocycles. The number of anilines is 1. The molecule has 132 valence electrons. The Balaban J connectivity index is 2.12. The fourth-order valence-corrected chi connectivity index (χ4v) is 2.63. The molecule has 0 spiro atoms. The smallest absolute Gasteiger partial charge is 0.371 e. The van der Waals surface area contributed by atoms with Crippen molar-refractivity contribution < 1.29 is 19.1 Å². The average Bonchev–Trinajstić information content (AvgIpc) is 2.96. The molecule has 1 amide bonds. The van der Waals surface area contributed by atoms with Crippen LogP contribution in [0.5, 0.6) is 0 Å². The fourth-order valence-electron chi connectivity index (χ4n) is 1.84. The SMILES string of the molecule is CC(C)(C)C(=O)NC(=S)Nc1ccc(-c2ccc(C(=O)O)o2)c(Br)c1. The molecule has 2 rings (SSSR count). The Bertz CT molecular complexity index is 839. The molecule has 3 N–H and O–H groups in total. The fraction of sp³-hybridized carbons (Fsp3) is 0.235. The van der Waals surface area contributed by atoms with E-state index in [1.165, 1.54) is 6.07 Å². The number of hydrogen-bond donors (Lipinski definition) is 3. The molecule has 1 aromatic heterocycles. The largest absolute Gasteiger partial charge is 0.475 e. The summed E-state index contributed by atoms with van der Waals surface area (Å²) in [5, 5.41) is 14.7. The number of aromatic carboxylic acids is 1. The lowest BCUT2D eigenvalue weighted by Crippen LogP contribution is -2.41. The molecule has 1 aromatic carbocycles. The third kappa shape index (κ3) is 4.90. The highest BCUT2D eigenvalue weighted by atomic mass is 79.9. The normalized spacial score (nSPS) is 11.0.